The zero-order valence-electron chi connectivity index (χ0n) is 10.7. The fourth-order valence-electron chi connectivity index (χ4n) is 2.71. The van der Waals surface area contributed by atoms with E-state index in [1.807, 2.05) is 12.1 Å². The van der Waals surface area contributed by atoms with Crippen molar-refractivity contribution in [1.29, 1.82) is 0 Å². The highest BCUT2D eigenvalue weighted by Crippen LogP contribution is 2.28. The summed E-state index contributed by atoms with van der Waals surface area (Å²) < 4.78 is 0. The molecule has 1 unspecified atom stereocenters. The number of piperidine rings is 1. The molecule has 2 aliphatic heterocycles. The van der Waals surface area contributed by atoms with Gasteiger partial charge in [0.25, 0.3) is 5.91 Å². The minimum absolute atomic E-state index is 0.157. The van der Waals surface area contributed by atoms with Crippen LogP contribution in [0.1, 0.15) is 34.3 Å². The van der Waals surface area contributed by atoms with Gasteiger partial charge in [-0.15, -0.1) is 11.6 Å². The van der Waals surface area contributed by atoms with Crippen molar-refractivity contribution in [3.05, 3.63) is 34.9 Å². The van der Waals surface area contributed by atoms with Crippen LogP contribution in [0.4, 0.5) is 0 Å². The molecule has 1 saturated heterocycles. The lowest BCUT2D eigenvalue weighted by Gasteiger charge is -2.29. The molecule has 0 radical (unpaired) electrons. The molecule has 1 N–H and O–H groups in total. The van der Waals surface area contributed by atoms with E-state index in [2.05, 4.69) is 5.32 Å². The van der Waals surface area contributed by atoms with Crippen molar-refractivity contribution in [2.24, 2.45) is 0 Å². The lowest BCUT2D eigenvalue weighted by molar-refractivity contribution is -0.136. The van der Waals surface area contributed by atoms with E-state index in [1.165, 1.54) is 4.90 Å². The monoisotopic (exact) mass is 292 g/mol. The van der Waals surface area contributed by atoms with Crippen LogP contribution in [0.25, 0.3) is 0 Å². The van der Waals surface area contributed by atoms with E-state index in [4.69, 9.17) is 11.6 Å². The number of rotatable bonds is 2. The van der Waals surface area contributed by atoms with E-state index in [1.54, 1.807) is 6.07 Å². The van der Waals surface area contributed by atoms with Crippen LogP contribution in [-0.4, -0.2) is 28.7 Å². The highest BCUT2D eigenvalue weighted by Gasteiger charge is 2.38. The van der Waals surface area contributed by atoms with Gasteiger partial charge in [0.1, 0.15) is 6.04 Å². The summed E-state index contributed by atoms with van der Waals surface area (Å²) in [5.74, 6) is -0.435. The molecule has 104 valence electrons. The third-order valence-electron chi connectivity index (χ3n) is 3.74. The summed E-state index contributed by atoms with van der Waals surface area (Å²) >= 11 is 5.79. The third kappa shape index (κ3) is 2.08. The van der Waals surface area contributed by atoms with Gasteiger partial charge < -0.3 is 4.90 Å². The van der Waals surface area contributed by atoms with Gasteiger partial charge in [0.05, 0.1) is 0 Å². The topological polar surface area (TPSA) is 66.5 Å². The first-order chi connectivity index (χ1) is 9.60. The van der Waals surface area contributed by atoms with Gasteiger partial charge in [-0.2, -0.15) is 0 Å². The second kappa shape index (κ2) is 4.90. The molecule has 2 aliphatic rings. The number of carbonyl (C=O) groups excluding carboxylic acids is 3. The number of nitrogens with one attached hydrogen (secondary N) is 1. The lowest BCUT2D eigenvalue weighted by atomic mass is 10.0. The molecule has 2 heterocycles. The lowest BCUT2D eigenvalue weighted by Crippen LogP contribution is -2.52. The van der Waals surface area contributed by atoms with Crippen LogP contribution < -0.4 is 5.32 Å². The predicted molar refractivity (Wildman–Crippen MR) is 72.0 cm³/mol. The van der Waals surface area contributed by atoms with Crippen LogP contribution in [0.5, 0.6) is 0 Å². The molecule has 0 saturated carbocycles. The minimum Gasteiger partial charge on any atom is -0.322 e. The smallest absolute Gasteiger partial charge is 0.255 e. The Balaban J connectivity index is 1.86. The summed E-state index contributed by atoms with van der Waals surface area (Å²) in [6.07, 6.45) is 0.649. The average Bonchev–Trinajstić information content (AvgIpc) is 2.75. The number of alkyl halides is 1. The van der Waals surface area contributed by atoms with Crippen molar-refractivity contribution in [1.82, 2.24) is 10.2 Å². The van der Waals surface area contributed by atoms with Crippen LogP contribution in [0.15, 0.2) is 18.2 Å². The van der Waals surface area contributed by atoms with Crippen molar-refractivity contribution in [2.45, 2.75) is 31.3 Å². The standard InChI is InChI=1S/C14H13ClN2O3/c15-6-8-1-2-10-9(5-8)7-17(14(10)20)11-3-4-12(18)16-13(11)19/h1-2,5,11H,3-4,6-7H2,(H,16,18,19). The van der Waals surface area contributed by atoms with Crippen LogP contribution in [-0.2, 0) is 22.0 Å². The maximum absolute atomic E-state index is 12.4. The predicted octanol–water partition coefficient (Wildman–Crippen LogP) is 1.19. The van der Waals surface area contributed by atoms with Gasteiger partial charge in [0.2, 0.25) is 11.8 Å². The van der Waals surface area contributed by atoms with Crippen molar-refractivity contribution in [3.63, 3.8) is 0 Å². The number of benzene rings is 1. The maximum Gasteiger partial charge on any atom is 0.255 e. The Morgan fingerprint density at radius 3 is 2.80 bits per heavy atom. The first kappa shape index (κ1) is 13.1. The fourth-order valence-corrected chi connectivity index (χ4v) is 2.88. The largest absolute Gasteiger partial charge is 0.322 e. The first-order valence-corrected chi connectivity index (χ1v) is 6.96. The number of carbonyl (C=O) groups is 3. The van der Waals surface area contributed by atoms with Gasteiger partial charge in [-0.25, -0.2) is 0 Å². The Bertz CT molecular complexity index is 614. The summed E-state index contributed by atoms with van der Waals surface area (Å²) in [4.78, 5) is 36.9. The Morgan fingerprint density at radius 2 is 2.10 bits per heavy atom. The summed E-state index contributed by atoms with van der Waals surface area (Å²) in [6, 6.07) is 4.90. The third-order valence-corrected chi connectivity index (χ3v) is 4.05. The van der Waals surface area contributed by atoms with Crippen LogP contribution >= 0.6 is 11.6 Å². The van der Waals surface area contributed by atoms with E-state index >= 15 is 0 Å². The molecule has 3 rings (SSSR count). The zero-order valence-corrected chi connectivity index (χ0v) is 11.4. The van der Waals surface area contributed by atoms with Crippen molar-refractivity contribution >= 4 is 29.3 Å². The fraction of sp³-hybridized carbons (Fsp3) is 0.357. The van der Waals surface area contributed by atoms with Crippen LogP contribution in [0.3, 0.4) is 0 Å². The summed E-state index contributed by atoms with van der Waals surface area (Å²) in [5.41, 5.74) is 2.45. The van der Waals surface area contributed by atoms with E-state index in [9.17, 15) is 14.4 Å². The number of hydrogen-bond acceptors (Lipinski definition) is 3. The molecule has 5 nitrogen and oxygen atoms in total. The zero-order chi connectivity index (χ0) is 14.3. The number of fused-ring (bicyclic) bond motifs is 1. The molecule has 0 bridgehead atoms. The summed E-state index contributed by atoms with van der Waals surface area (Å²) in [5, 5.41) is 2.28. The Hall–Kier alpha value is -1.88. The quantitative estimate of drug-likeness (QED) is 0.658. The molecule has 0 aromatic heterocycles. The maximum atomic E-state index is 12.4. The van der Waals surface area contributed by atoms with E-state index < -0.39 is 6.04 Å². The van der Waals surface area contributed by atoms with Gasteiger partial charge in [0, 0.05) is 24.4 Å². The Labute approximate surface area is 120 Å². The number of amides is 3. The molecular formula is C14H13ClN2O3. The van der Waals surface area contributed by atoms with E-state index in [0.29, 0.717) is 24.4 Å². The van der Waals surface area contributed by atoms with Gasteiger partial charge in [-0.05, 0) is 23.6 Å². The molecule has 0 spiro atoms. The first-order valence-electron chi connectivity index (χ1n) is 6.42. The van der Waals surface area contributed by atoms with Crippen molar-refractivity contribution in [2.75, 3.05) is 0 Å². The molecule has 1 atom stereocenters. The second-order valence-corrected chi connectivity index (χ2v) is 5.29. The molecule has 20 heavy (non-hydrogen) atoms. The Kier molecular flexibility index (Phi) is 3.22. The van der Waals surface area contributed by atoms with E-state index in [-0.39, 0.29) is 24.1 Å². The summed E-state index contributed by atoms with van der Waals surface area (Å²) in [6.45, 7) is 0.394. The molecule has 1 aromatic carbocycles. The number of nitrogens with zero attached hydrogens (tertiary/aromatic N) is 1. The van der Waals surface area contributed by atoms with Gasteiger partial charge in [-0.1, -0.05) is 12.1 Å². The normalized spacial score (nSPS) is 21.9. The SMILES string of the molecule is O=C1CCC(N2Cc3cc(CCl)ccc3C2=O)C(=O)N1. The van der Waals surface area contributed by atoms with Gasteiger partial charge in [0.15, 0.2) is 0 Å². The van der Waals surface area contributed by atoms with Crippen LogP contribution in [0.2, 0.25) is 0 Å². The van der Waals surface area contributed by atoms with Crippen molar-refractivity contribution < 1.29 is 14.4 Å². The second-order valence-electron chi connectivity index (χ2n) is 5.03. The molecule has 6 heteroatoms. The van der Waals surface area contributed by atoms with Crippen LogP contribution in [0, 0.1) is 0 Å². The highest BCUT2D eigenvalue weighted by atomic mass is 35.5. The van der Waals surface area contributed by atoms with Gasteiger partial charge in [-0.3, -0.25) is 19.7 Å². The average molecular weight is 293 g/mol. The molecule has 0 aliphatic carbocycles. The number of halogens is 1. The van der Waals surface area contributed by atoms with E-state index in [0.717, 1.165) is 11.1 Å². The number of imide groups is 1. The number of hydrogen-bond donors (Lipinski definition) is 1. The molecule has 3 amide bonds. The molecule has 1 fully saturated rings. The molecule has 1 aromatic rings. The molecular weight excluding hydrogens is 280 g/mol. The Morgan fingerprint density at radius 1 is 1.30 bits per heavy atom. The van der Waals surface area contributed by atoms with Gasteiger partial charge >= 0.3 is 0 Å². The van der Waals surface area contributed by atoms with Crippen molar-refractivity contribution in [3.8, 4) is 0 Å². The minimum atomic E-state index is -0.563. The highest BCUT2D eigenvalue weighted by molar-refractivity contribution is 6.17. The summed E-state index contributed by atoms with van der Waals surface area (Å²) in [7, 11) is 0.